The average molecular weight is 145 g/mol. The molecule has 0 aromatic rings. The van der Waals surface area contributed by atoms with E-state index >= 15 is 0 Å². The van der Waals surface area contributed by atoms with Crippen LogP contribution in [0, 0.1) is 11.1 Å². The normalized spacial score (nSPS) is 15.3. The van der Waals surface area contributed by atoms with Gasteiger partial charge in [-0.3, -0.25) is 0 Å². The highest BCUT2D eigenvalue weighted by Gasteiger charge is 2.04. The van der Waals surface area contributed by atoms with Crippen LogP contribution in [0.3, 0.4) is 0 Å². The maximum atomic E-state index is 11.1. The van der Waals surface area contributed by atoms with Crippen LogP contribution in [0.4, 0.5) is 0 Å². The Labute approximate surface area is 64.0 Å². The Hall–Kier alpha value is -0.0800. The highest BCUT2D eigenvalue weighted by Crippen LogP contribution is 2.08. The summed E-state index contributed by atoms with van der Waals surface area (Å²) in [5, 5.41) is 11.1. The molecule has 0 saturated carbocycles. The molecule has 2 nitrogen and oxygen atoms in total. The fourth-order valence-electron chi connectivity index (χ4n) is 0.735. The molecule has 10 heavy (non-hydrogen) atoms. The smallest absolute Gasteiger partial charge is 0.0782 e. The lowest BCUT2D eigenvalue weighted by atomic mass is 10.1. The van der Waals surface area contributed by atoms with Crippen molar-refractivity contribution in [3.05, 3.63) is 5.21 Å². The van der Waals surface area contributed by atoms with Gasteiger partial charge in [-0.05, 0) is 12.3 Å². The largest absolute Gasteiger partial charge is 0.633 e. The molecule has 0 N–H and O–H groups in total. The zero-order chi connectivity index (χ0) is 8.20. The van der Waals surface area contributed by atoms with E-state index in [1.807, 2.05) is 0 Å². The number of hydroxylamine groups is 3. The summed E-state index contributed by atoms with van der Waals surface area (Å²) in [7, 11) is 3.39. The number of hydrogen-bond donors (Lipinski definition) is 0. The summed E-state index contributed by atoms with van der Waals surface area (Å²) in [5.41, 5.74) is 0. The van der Waals surface area contributed by atoms with Gasteiger partial charge < -0.3 is 9.85 Å². The highest BCUT2D eigenvalue weighted by atomic mass is 16.5. The van der Waals surface area contributed by atoms with E-state index in [-0.39, 0.29) is 4.65 Å². The van der Waals surface area contributed by atoms with E-state index in [1.54, 1.807) is 14.1 Å². The third-order valence-electron chi connectivity index (χ3n) is 1.86. The van der Waals surface area contributed by atoms with Crippen molar-refractivity contribution >= 4 is 0 Å². The molecule has 0 unspecified atom stereocenters. The Morgan fingerprint density at radius 2 is 1.90 bits per heavy atom. The summed E-state index contributed by atoms with van der Waals surface area (Å²) in [4.78, 5) is 0. The molecular formula is C8H19NO. The quantitative estimate of drug-likeness (QED) is 0.438. The molecule has 0 saturated heterocycles. The molecule has 0 aliphatic rings. The van der Waals surface area contributed by atoms with Gasteiger partial charge in [0.1, 0.15) is 0 Å². The molecule has 0 rings (SSSR count). The van der Waals surface area contributed by atoms with Crippen LogP contribution >= 0.6 is 0 Å². The van der Waals surface area contributed by atoms with Gasteiger partial charge in [0.05, 0.1) is 20.6 Å². The van der Waals surface area contributed by atoms with Gasteiger partial charge in [0.25, 0.3) is 0 Å². The first kappa shape index (κ1) is 9.92. The second kappa shape index (κ2) is 3.94. The Bertz CT molecular complexity index is 85.7. The van der Waals surface area contributed by atoms with Gasteiger partial charge in [0, 0.05) is 0 Å². The molecule has 1 atom stereocenters. The van der Waals surface area contributed by atoms with Gasteiger partial charge in [-0.2, -0.15) is 0 Å². The van der Waals surface area contributed by atoms with E-state index in [1.165, 1.54) is 6.42 Å². The first-order chi connectivity index (χ1) is 4.45. The molecule has 0 aliphatic heterocycles. The van der Waals surface area contributed by atoms with Crippen molar-refractivity contribution in [3.8, 4) is 0 Å². The Morgan fingerprint density at radius 1 is 1.40 bits per heavy atom. The number of nitrogens with zero attached hydrogens (tertiary/aromatic N) is 1. The van der Waals surface area contributed by atoms with Crippen molar-refractivity contribution in [2.45, 2.75) is 26.7 Å². The Kier molecular flexibility index (Phi) is 3.91. The summed E-state index contributed by atoms with van der Waals surface area (Å²) >= 11 is 0. The molecule has 0 aliphatic carbocycles. The van der Waals surface area contributed by atoms with E-state index in [4.69, 9.17) is 0 Å². The molecule has 0 spiro atoms. The topological polar surface area (TPSA) is 23.1 Å². The lowest BCUT2D eigenvalue weighted by Crippen LogP contribution is -2.33. The summed E-state index contributed by atoms with van der Waals surface area (Å²) in [6.07, 6.45) is 2.23. The second-order valence-corrected chi connectivity index (χ2v) is 3.60. The standard InChI is InChI=1S/C8H19NO/c1-5-8(2)6-7-9(3,4)10/h8H,5-7H2,1-4H3/t8-/m0/s1. The minimum absolute atomic E-state index is 0.148. The van der Waals surface area contributed by atoms with Crippen molar-refractivity contribution in [1.29, 1.82) is 0 Å². The van der Waals surface area contributed by atoms with Crippen LogP contribution in [0.5, 0.6) is 0 Å². The maximum Gasteiger partial charge on any atom is 0.0782 e. The second-order valence-electron chi connectivity index (χ2n) is 3.60. The van der Waals surface area contributed by atoms with Crippen molar-refractivity contribution in [2.75, 3.05) is 20.6 Å². The molecule has 0 heterocycles. The third-order valence-corrected chi connectivity index (χ3v) is 1.86. The highest BCUT2D eigenvalue weighted by molar-refractivity contribution is 4.48. The lowest BCUT2D eigenvalue weighted by Gasteiger charge is -2.34. The number of rotatable bonds is 4. The van der Waals surface area contributed by atoms with Gasteiger partial charge in [-0.15, -0.1) is 0 Å². The van der Waals surface area contributed by atoms with Crippen LogP contribution in [0.2, 0.25) is 0 Å². The summed E-state index contributed by atoms with van der Waals surface area (Å²) in [6.45, 7) is 5.10. The van der Waals surface area contributed by atoms with Crippen molar-refractivity contribution in [3.63, 3.8) is 0 Å². The molecule has 0 aromatic heterocycles. The van der Waals surface area contributed by atoms with E-state index < -0.39 is 0 Å². The van der Waals surface area contributed by atoms with E-state index in [0.717, 1.165) is 13.0 Å². The summed E-state index contributed by atoms with van der Waals surface area (Å²) in [6, 6.07) is 0. The molecule has 0 bridgehead atoms. The Morgan fingerprint density at radius 3 is 2.20 bits per heavy atom. The summed E-state index contributed by atoms with van der Waals surface area (Å²) in [5.74, 6) is 0.700. The van der Waals surface area contributed by atoms with E-state index in [0.29, 0.717) is 5.92 Å². The van der Waals surface area contributed by atoms with Crippen LogP contribution in [-0.4, -0.2) is 25.3 Å². The number of quaternary nitrogens is 1. The van der Waals surface area contributed by atoms with Gasteiger partial charge in [-0.25, -0.2) is 0 Å². The van der Waals surface area contributed by atoms with Crippen molar-refractivity contribution in [1.82, 2.24) is 0 Å². The monoisotopic (exact) mass is 145 g/mol. The first-order valence-electron chi connectivity index (χ1n) is 3.99. The fraction of sp³-hybridized carbons (Fsp3) is 1.00. The van der Waals surface area contributed by atoms with Crippen LogP contribution in [0.25, 0.3) is 0 Å². The zero-order valence-corrected chi connectivity index (χ0v) is 7.55. The summed E-state index contributed by atoms with van der Waals surface area (Å²) < 4.78 is -0.148. The Balaban J connectivity index is 3.36. The molecule has 0 radical (unpaired) electrons. The van der Waals surface area contributed by atoms with Gasteiger partial charge >= 0.3 is 0 Å². The van der Waals surface area contributed by atoms with Crippen LogP contribution in [0.15, 0.2) is 0 Å². The van der Waals surface area contributed by atoms with E-state index in [9.17, 15) is 5.21 Å². The molecular weight excluding hydrogens is 126 g/mol. The molecule has 0 aromatic carbocycles. The zero-order valence-electron chi connectivity index (χ0n) is 7.55. The van der Waals surface area contributed by atoms with Gasteiger partial charge in [-0.1, -0.05) is 20.3 Å². The van der Waals surface area contributed by atoms with Crippen LogP contribution in [-0.2, 0) is 0 Å². The maximum absolute atomic E-state index is 11.1. The van der Waals surface area contributed by atoms with Crippen molar-refractivity contribution in [2.24, 2.45) is 5.92 Å². The molecule has 2 heteroatoms. The minimum Gasteiger partial charge on any atom is -0.633 e. The predicted molar refractivity (Wildman–Crippen MR) is 44.4 cm³/mol. The van der Waals surface area contributed by atoms with Crippen LogP contribution in [0.1, 0.15) is 26.7 Å². The third kappa shape index (κ3) is 6.05. The fourth-order valence-corrected chi connectivity index (χ4v) is 0.735. The van der Waals surface area contributed by atoms with Crippen molar-refractivity contribution < 1.29 is 4.65 Å². The molecule has 62 valence electrons. The SMILES string of the molecule is CC[C@H](C)CC[N+](C)(C)[O-]. The molecule has 0 fully saturated rings. The van der Waals surface area contributed by atoms with Gasteiger partial charge in [0.2, 0.25) is 0 Å². The lowest BCUT2D eigenvalue weighted by molar-refractivity contribution is -0.840. The van der Waals surface area contributed by atoms with Crippen LogP contribution < -0.4 is 0 Å². The number of hydrogen-bond acceptors (Lipinski definition) is 1. The average Bonchev–Trinajstić information content (AvgIpc) is 1.81. The first-order valence-corrected chi connectivity index (χ1v) is 3.99. The predicted octanol–water partition coefficient (Wildman–Crippen LogP) is 2.00. The van der Waals surface area contributed by atoms with E-state index in [2.05, 4.69) is 13.8 Å². The molecule has 0 amide bonds. The van der Waals surface area contributed by atoms with Gasteiger partial charge in [0.15, 0.2) is 0 Å². The minimum atomic E-state index is -0.148.